The highest BCUT2D eigenvalue weighted by Gasteiger charge is 2.62. The third-order valence-electron chi connectivity index (χ3n) is 11.9. The van der Waals surface area contributed by atoms with Crippen LogP contribution in [0.5, 0.6) is 0 Å². The van der Waals surface area contributed by atoms with Gasteiger partial charge < -0.3 is 37.9 Å². The Balaban J connectivity index is 0.877. The summed E-state index contributed by atoms with van der Waals surface area (Å²) in [6.45, 7) is 2.91. The smallest absolute Gasteiger partial charge is 0.312 e. The third kappa shape index (κ3) is 5.27. The molecule has 4 bridgehead atoms. The molecule has 3 heterocycles. The molecule has 0 amide bonds. The lowest BCUT2D eigenvalue weighted by Crippen LogP contribution is -2.50. The van der Waals surface area contributed by atoms with Gasteiger partial charge in [-0.05, 0) is 88.9 Å². The highest BCUT2D eigenvalue weighted by atomic mass is 16.9. The zero-order valence-electron chi connectivity index (χ0n) is 25.3. The molecule has 2 spiro atoms. The van der Waals surface area contributed by atoms with Gasteiger partial charge in [0.1, 0.15) is 31.0 Å². The van der Waals surface area contributed by atoms with Crippen LogP contribution in [0.2, 0.25) is 0 Å². The molecule has 236 valence electrons. The standard InChI is InChI=1S/C33H50O9/c1-21(35-12-13-36-30(34)31-17-22-14-23(18-31)16-24(15-22)19-31)38-27-26(25-20-37-32(40-25)8-4-2-5-9-32)39-29-28(27)41-33(42-29)10-6-3-7-11-33/h21-29H,2-20H2,1H3/t21?,22?,23?,24?,25?,26-,27+,28-,29-,31?/m1/s1. The van der Waals surface area contributed by atoms with Crippen LogP contribution in [-0.4, -0.2) is 74.4 Å². The van der Waals surface area contributed by atoms with Crippen molar-refractivity contribution in [2.75, 3.05) is 19.8 Å². The number of hydrogen-bond donors (Lipinski definition) is 0. The Morgan fingerprint density at radius 3 is 2.10 bits per heavy atom. The highest BCUT2D eigenvalue weighted by Crippen LogP contribution is 2.60. The average molecular weight is 591 g/mol. The maximum Gasteiger partial charge on any atom is 0.312 e. The van der Waals surface area contributed by atoms with Crippen LogP contribution in [0.25, 0.3) is 0 Å². The Kier molecular flexibility index (Phi) is 7.65. The molecule has 0 N–H and O–H groups in total. The summed E-state index contributed by atoms with van der Waals surface area (Å²) in [7, 11) is 0. The van der Waals surface area contributed by atoms with E-state index in [9.17, 15) is 4.79 Å². The molecule has 42 heavy (non-hydrogen) atoms. The van der Waals surface area contributed by atoms with Crippen molar-refractivity contribution in [3.05, 3.63) is 0 Å². The normalized spacial score (nSPS) is 45.5. The zero-order valence-corrected chi connectivity index (χ0v) is 25.3. The lowest BCUT2D eigenvalue weighted by atomic mass is 9.49. The fourth-order valence-corrected chi connectivity index (χ4v) is 10.4. The zero-order chi connectivity index (χ0) is 28.4. The summed E-state index contributed by atoms with van der Waals surface area (Å²) in [5, 5.41) is 0. The van der Waals surface area contributed by atoms with Gasteiger partial charge in [-0.25, -0.2) is 0 Å². The van der Waals surface area contributed by atoms with E-state index >= 15 is 0 Å². The van der Waals surface area contributed by atoms with Crippen molar-refractivity contribution >= 4 is 5.97 Å². The van der Waals surface area contributed by atoms with E-state index in [0.29, 0.717) is 13.2 Å². The minimum atomic E-state index is -0.576. The van der Waals surface area contributed by atoms with Crippen LogP contribution in [-0.2, 0) is 42.7 Å². The molecule has 6 saturated carbocycles. The van der Waals surface area contributed by atoms with Crippen molar-refractivity contribution in [2.24, 2.45) is 23.2 Å². The third-order valence-corrected chi connectivity index (χ3v) is 11.9. The number of hydrogen-bond acceptors (Lipinski definition) is 9. The second-order valence-electron chi connectivity index (χ2n) is 15.0. The molecule has 9 nitrogen and oxygen atoms in total. The summed E-state index contributed by atoms with van der Waals surface area (Å²) in [4.78, 5) is 13.2. The summed E-state index contributed by atoms with van der Waals surface area (Å²) < 4.78 is 50.9. The van der Waals surface area contributed by atoms with Gasteiger partial charge in [0.2, 0.25) is 0 Å². The predicted molar refractivity (Wildman–Crippen MR) is 149 cm³/mol. The molecular weight excluding hydrogens is 540 g/mol. The number of fused-ring (bicyclic) bond motifs is 1. The number of ether oxygens (including phenoxy) is 8. The van der Waals surface area contributed by atoms with Crippen LogP contribution in [0.3, 0.4) is 0 Å². The van der Waals surface area contributed by atoms with E-state index in [1.165, 1.54) is 32.1 Å². The topological polar surface area (TPSA) is 90.9 Å². The van der Waals surface area contributed by atoms with Gasteiger partial charge in [0, 0.05) is 25.7 Å². The van der Waals surface area contributed by atoms with Crippen molar-refractivity contribution in [1.82, 2.24) is 0 Å². The quantitative estimate of drug-likeness (QED) is 0.210. The lowest BCUT2D eigenvalue weighted by molar-refractivity contribution is -0.274. The van der Waals surface area contributed by atoms with E-state index < -0.39 is 30.3 Å². The second-order valence-corrected chi connectivity index (χ2v) is 15.0. The minimum absolute atomic E-state index is 0.00446. The summed E-state index contributed by atoms with van der Waals surface area (Å²) in [5.74, 6) is 1.08. The first-order valence-corrected chi connectivity index (χ1v) is 17.2. The van der Waals surface area contributed by atoms with E-state index in [0.717, 1.165) is 88.4 Å². The van der Waals surface area contributed by atoms with Gasteiger partial charge in [-0.15, -0.1) is 0 Å². The second kappa shape index (κ2) is 11.2. The molecule has 6 aliphatic carbocycles. The molecular formula is C33H50O9. The number of carbonyl (C=O) groups excluding carboxylic acids is 1. The van der Waals surface area contributed by atoms with Crippen molar-refractivity contribution in [3.63, 3.8) is 0 Å². The summed E-state index contributed by atoms with van der Waals surface area (Å²) in [6.07, 6.45) is 15.1. The Hall–Kier alpha value is -0.810. The fraction of sp³-hybridized carbons (Fsp3) is 0.970. The molecule has 2 unspecified atom stereocenters. The summed E-state index contributed by atoms with van der Waals surface area (Å²) in [6, 6.07) is 0. The van der Waals surface area contributed by atoms with Gasteiger partial charge >= 0.3 is 5.97 Å². The highest BCUT2D eigenvalue weighted by molar-refractivity contribution is 5.77. The molecule has 9 aliphatic rings. The fourth-order valence-electron chi connectivity index (χ4n) is 10.4. The Bertz CT molecular complexity index is 953. The van der Waals surface area contributed by atoms with Crippen molar-refractivity contribution in [2.45, 2.75) is 158 Å². The first kappa shape index (κ1) is 28.6. The summed E-state index contributed by atoms with van der Waals surface area (Å²) >= 11 is 0. The van der Waals surface area contributed by atoms with Crippen molar-refractivity contribution in [1.29, 1.82) is 0 Å². The van der Waals surface area contributed by atoms with Crippen molar-refractivity contribution in [3.8, 4) is 0 Å². The molecule has 9 fully saturated rings. The van der Waals surface area contributed by atoms with Gasteiger partial charge in [0.15, 0.2) is 24.2 Å². The van der Waals surface area contributed by atoms with Gasteiger partial charge in [0.05, 0.1) is 18.6 Å². The van der Waals surface area contributed by atoms with Gasteiger partial charge in [-0.3, -0.25) is 4.79 Å². The summed E-state index contributed by atoms with van der Waals surface area (Å²) in [5.41, 5.74) is -0.242. The number of esters is 1. The first-order valence-electron chi connectivity index (χ1n) is 17.2. The molecule has 6 atom stereocenters. The maximum absolute atomic E-state index is 13.2. The molecule has 9 heteroatoms. The van der Waals surface area contributed by atoms with Crippen LogP contribution < -0.4 is 0 Å². The van der Waals surface area contributed by atoms with Crippen LogP contribution in [0, 0.1) is 23.2 Å². The Morgan fingerprint density at radius 1 is 0.786 bits per heavy atom. The van der Waals surface area contributed by atoms with E-state index in [1.54, 1.807) is 0 Å². The Labute approximate surface area is 249 Å². The largest absolute Gasteiger partial charge is 0.463 e. The van der Waals surface area contributed by atoms with E-state index in [1.807, 2.05) is 6.92 Å². The van der Waals surface area contributed by atoms with Gasteiger partial charge in [-0.2, -0.15) is 0 Å². The lowest BCUT2D eigenvalue weighted by Gasteiger charge is -2.55. The monoisotopic (exact) mass is 590 g/mol. The van der Waals surface area contributed by atoms with E-state index in [-0.39, 0.29) is 36.3 Å². The minimum Gasteiger partial charge on any atom is -0.463 e. The molecule has 3 aliphatic heterocycles. The van der Waals surface area contributed by atoms with Gasteiger partial charge in [-0.1, -0.05) is 12.8 Å². The molecule has 0 radical (unpaired) electrons. The van der Waals surface area contributed by atoms with Crippen LogP contribution >= 0.6 is 0 Å². The van der Waals surface area contributed by atoms with Gasteiger partial charge in [0.25, 0.3) is 0 Å². The van der Waals surface area contributed by atoms with Crippen LogP contribution in [0.4, 0.5) is 0 Å². The SMILES string of the molecule is CC(OCCOC(=O)C12CC3CC(CC(C3)C1)C2)O[C@@H]1[C@H]2OC3(CCCCC3)O[C@H]2O[C@@H]1C1COC2(CCCCC2)O1. The molecule has 3 saturated heterocycles. The first-order chi connectivity index (χ1) is 20.4. The number of carbonyl (C=O) groups is 1. The maximum atomic E-state index is 13.2. The Morgan fingerprint density at radius 2 is 1.43 bits per heavy atom. The molecule has 0 aromatic carbocycles. The average Bonchev–Trinajstić information content (AvgIpc) is 3.63. The number of rotatable bonds is 8. The van der Waals surface area contributed by atoms with E-state index in [4.69, 9.17) is 37.9 Å². The van der Waals surface area contributed by atoms with Crippen molar-refractivity contribution < 1.29 is 42.7 Å². The van der Waals surface area contributed by atoms with Crippen LogP contribution in [0.15, 0.2) is 0 Å². The van der Waals surface area contributed by atoms with E-state index in [2.05, 4.69) is 0 Å². The molecule has 9 rings (SSSR count). The predicted octanol–water partition coefficient (Wildman–Crippen LogP) is 5.37. The van der Waals surface area contributed by atoms with Crippen LogP contribution in [0.1, 0.15) is 110 Å². The molecule has 0 aromatic rings. The molecule has 0 aromatic heterocycles.